The Morgan fingerprint density at radius 1 is 1.04 bits per heavy atom. The van der Waals surface area contributed by atoms with Crippen molar-refractivity contribution in [2.45, 2.75) is 103 Å². The molecule has 1 heterocycles. The minimum absolute atomic E-state index is 0.0602. The summed E-state index contributed by atoms with van der Waals surface area (Å²) in [7, 11) is 0. The van der Waals surface area contributed by atoms with Crippen molar-refractivity contribution in [3.05, 3.63) is 0 Å². The Kier molecular flexibility index (Phi) is 7.86. The lowest BCUT2D eigenvalue weighted by Gasteiger charge is -2.45. The molecule has 0 spiro atoms. The van der Waals surface area contributed by atoms with Gasteiger partial charge in [0.1, 0.15) is 5.41 Å². The number of nitriles is 1. The third-order valence-electron chi connectivity index (χ3n) is 5.72. The van der Waals surface area contributed by atoms with E-state index in [4.69, 9.17) is 9.47 Å². The molecule has 0 aromatic carbocycles. The quantitative estimate of drug-likeness (QED) is 0.547. The molecule has 1 saturated heterocycles. The molecule has 0 N–H and O–H groups in total. The first-order valence-electron chi connectivity index (χ1n) is 9.94. The Bertz CT molecular complexity index is 372. The fourth-order valence-electron chi connectivity index (χ4n) is 4.13. The van der Waals surface area contributed by atoms with Crippen LogP contribution >= 0.6 is 0 Å². The summed E-state index contributed by atoms with van der Waals surface area (Å²) in [5.74, 6) is 0.542. The fourth-order valence-corrected chi connectivity index (χ4v) is 4.13. The van der Waals surface area contributed by atoms with E-state index in [0.29, 0.717) is 12.5 Å². The number of unbranched alkanes of at least 4 members (excludes halogenated alkanes) is 3. The van der Waals surface area contributed by atoms with E-state index in [-0.39, 0.29) is 12.4 Å². The summed E-state index contributed by atoms with van der Waals surface area (Å²) < 4.78 is 12.5. The Morgan fingerprint density at radius 3 is 2.43 bits per heavy atom. The van der Waals surface area contributed by atoms with Crippen LogP contribution in [0.5, 0.6) is 0 Å². The molecule has 0 bridgehead atoms. The molecule has 1 saturated carbocycles. The minimum atomic E-state index is -0.421. The Labute approximate surface area is 142 Å². The highest BCUT2D eigenvalue weighted by atomic mass is 16.7. The highest BCUT2D eigenvalue weighted by Gasteiger charge is 2.46. The van der Waals surface area contributed by atoms with Crippen LogP contribution in [0.1, 0.15) is 90.9 Å². The molecule has 1 aliphatic heterocycles. The average Bonchev–Trinajstić information content (AvgIpc) is 2.61. The molecule has 23 heavy (non-hydrogen) atoms. The average molecular weight is 322 g/mol. The van der Waals surface area contributed by atoms with Crippen LogP contribution in [-0.2, 0) is 9.47 Å². The highest BCUT2D eigenvalue weighted by molar-refractivity contribution is 5.06. The van der Waals surface area contributed by atoms with Crippen LogP contribution in [0.25, 0.3) is 0 Å². The van der Waals surface area contributed by atoms with Gasteiger partial charge < -0.3 is 9.47 Å². The van der Waals surface area contributed by atoms with Crippen molar-refractivity contribution in [2.75, 3.05) is 6.61 Å². The molecular formula is C20H35NO2. The molecule has 0 amide bonds. The Morgan fingerprint density at radius 2 is 1.78 bits per heavy atom. The van der Waals surface area contributed by atoms with Crippen molar-refractivity contribution in [3.63, 3.8) is 0 Å². The van der Waals surface area contributed by atoms with Crippen LogP contribution in [0.4, 0.5) is 0 Å². The van der Waals surface area contributed by atoms with Crippen molar-refractivity contribution in [1.82, 2.24) is 0 Å². The van der Waals surface area contributed by atoms with Gasteiger partial charge in [0.2, 0.25) is 0 Å². The summed E-state index contributed by atoms with van der Waals surface area (Å²) >= 11 is 0. The van der Waals surface area contributed by atoms with Crippen LogP contribution in [-0.4, -0.2) is 19.0 Å². The van der Waals surface area contributed by atoms with E-state index in [1.807, 2.05) is 0 Å². The molecule has 0 aromatic rings. The SMILES string of the molecule is CCCCCC1(C#N)COC(C2CCCCC2)OC1CCCC. The Hall–Kier alpha value is -0.590. The maximum absolute atomic E-state index is 9.90. The van der Waals surface area contributed by atoms with Crippen LogP contribution in [0.3, 0.4) is 0 Å². The van der Waals surface area contributed by atoms with Crippen LogP contribution < -0.4 is 0 Å². The van der Waals surface area contributed by atoms with Crippen molar-refractivity contribution in [3.8, 4) is 6.07 Å². The highest BCUT2D eigenvalue weighted by Crippen LogP contribution is 2.41. The third kappa shape index (κ3) is 4.94. The first-order chi connectivity index (χ1) is 11.3. The summed E-state index contributed by atoms with van der Waals surface area (Å²) in [6, 6.07) is 2.61. The second kappa shape index (κ2) is 9.64. The molecule has 2 rings (SSSR count). The predicted molar refractivity (Wildman–Crippen MR) is 92.9 cm³/mol. The fraction of sp³-hybridized carbons (Fsp3) is 0.950. The number of ether oxygens (including phenoxy) is 2. The molecule has 2 aliphatic rings. The van der Waals surface area contributed by atoms with E-state index in [9.17, 15) is 5.26 Å². The van der Waals surface area contributed by atoms with E-state index >= 15 is 0 Å². The summed E-state index contributed by atoms with van der Waals surface area (Å²) in [5, 5.41) is 9.90. The molecule has 0 radical (unpaired) electrons. The van der Waals surface area contributed by atoms with Crippen LogP contribution in [0, 0.1) is 22.7 Å². The molecule has 132 valence electrons. The first-order valence-corrected chi connectivity index (χ1v) is 9.94. The van der Waals surface area contributed by atoms with Gasteiger partial charge in [-0.1, -0.05) is 65.2 Å². The van der Waals surface area contributed by atoms with Gasteiger partial charge >= 0.3 is 0 Å². The summed E-state index contributed by atoms with van der Waals surface area (Å²) in [6.07, 6.45) is 14.1. The second-order valence-electron chi connectivity index (χ2n) is 7.57. The molecular weight excluding hydrogens is 286 g/mol. The van der Waals surface area contributed by atoms with E-state index in [0.717, 1.165) is 32.1 Å². The molecule has 0 aromatic heterocycles. The molecule has 2 fully saturated rings. The number of rotatable bonds is 8. The van der Waals surface area contributed by atoms with Gasteiger partial charge in [-0.3, -0.25) is 0 Å². The zero-order chi connectivity index (χ0) is 16.5. The Balaban J connectivity index is 2.02. The van der Waals surface area contributed by atoms with Gasteiger partial charge in [0.25, 0.3) is 0 Å². The lowest BCUT2D eigenvalue weighted by molar-refractivity contribution is -0.278. The van der Waals surface area contributed by atoms with Crippen LogP contribution in [0.2, 0.25) is 0 Å². The van der Waals surface area contributed by atoms with Gasteiger partial charge in [0, 0.05) is 5.92 Å². The molecule has 3 unspecified atom stereocenters. The first kappa shape index (κ1) is 18.7. The van der Waals surface area contributed by atoms with Gasteiger partial charge in [-0.05, 0) is 25.7 Å². The van der Waals surface area contributed by atoms with Crippen molar-refractivity contribution >= 4 is 0 Å². The van der Waals surface area contributed by atoms with Gasteiger partial charge in [-0.15, -0.1) is 0 Å². The normalized spacial score (nSPS) is 32.6. The lowest BCUT2D eigenvalue weighted by Crippen LogP contribution is -2.50. The predicted octanol–water partition coefficient (Wildman–Crippen LogP) is 5.59. The maximum Gasteiger partial charge on any atom is 0.160 e. The van der Waals surface area contributed by atoms with Crippen LogP contribution in [0.15, 0.2) is 0 Å². The standard InChI is InChI=1S/C20H35NO2/c1-3-5-10-14-20(15-21)16-22-19(17-11-8-7-9-12-17)23-18(20)13-6-4-2/h17-19H,3-14,16H2,1-2H3. The van der Waals surface area contributed by atoms with Gasteiger partial charge in [0.05, 0.1) is 18.8 Å². The molecule has 1 aliphatic carbocycles. The minimum Gasteiger partial charge on any atom is -0.351 e. The summed E-state index contributed by atoms with van der Waals surface area (Å²) in [5.41, 5.74) is -0.421. The smallest absolute Gasteiger partial charge is 0.160 e. The third-order valence-corrected chi connectivity index (χ3v) is 5.72. The van der Waals surface area contributed by atoms with E-state index in [1.54, 1.807) is 0 Å². The molecule has 3 nitrogen and oxygen atoms in total. The monoisotopic (exact) mass is 321 g/mol. The zero-order valence-electron chi connectivity index (χ0n) is 15.2. The maximum atomic E-state index is 9.90. The van der Waals surface area contributed by atoms with E-state index < -0.39 is 5.41 Å². The van der Waals surface area contributed by atoms with E-state index in [1.165, 1.54) is 44.9 Å². The van der Waals surface area contributed by atoms with E-state index in [2.05, 4.69) is 19.9 Å². The summed E-state index contributed by atoms with van der Waals surface area (Å²) in [4.78, 5) is 0. The van der Waals surface area contributed by atoms with Gasteiger partial charge in [-0.2, -0.15) is 5.26 Å². The van der Waals surface area contributed by atoms with Gasteiger partial charge in [0.15, 0.2) is 6.29 Å². The largest absolute Gasteiger partial charge is 0.351 e. The van der Waals surface area contributed by atoms with Crippen molar-refractivity contribution < 1.29 is 9.47 Å². The lowest BCUT2D eigenvalue weighted by atomic mass is 9.76. The molecule has 3 atom stereocenters. The molecule has 3 heteroatoms. The van der Waals surface area contributed by atoms with Gasteiger partial charge in [-0.25, -0.2) is 0 Å². The number of hydrogen-bond acceptors (Lipinski definition) is 3. The van der Waals surface area contributed by atoms with Crippen molar-refractivity contribution in [1.29, 1.82) is 5.26 Å². The number of hydrogen-bond donors (Lipinski definition) is 0. The zero-order valence-corrected chi connectivity index (χ0v) is 15.2. The number of nitrogens with zero attached hydrogens (tertiary/aromatic N) is 1. The summed E-state index contributed by atoms with van der Waals surface area (Å²) in [6.45, 7) is 4.99. The second-order valence-corrected chi connectivity index (χ2v) is 7.57. The topological polar surface area (TPSA) is 42.2 Å². The van der Waals surface area contributed by atoms with Crippen molar-refractivity contribution in [2.24, 2.45) is 11.3 Å².